The van der Waals surface area contributed by atoms with Gasteiger partial charge in [-0.25, -0.2) is 28.0 Å². The van der Waals surface area contributed by atoms with Gasteiger partial charge in [-0.3, -0.25) is 0 Å². The van der Waals surface area contributed by atoms with E-state index in [1.54, 1.807) is 41.5 Å². The lowest BCUT2D eigenvalue weighted by molar-refractivity contribution is 0.0272. The number of alkyl halides is 2. The minimum absolute atomic E-state index is 0.0521. The van der Waals surface area contributed by atoms with Crippen LogP contribution in [0.1, 0.15) is 52.7 Å². The summed E-state index contributed by atoms with van der Waals surface area (Å²) in [7, 11) is 0. The molecule has 0 aliphatic carbocycles. The molecule has 0 unspecified atom stereocenters. The molecule has 0 aromatic heterocycles. The quantitative estimate of drug-likeness (QED) is 0.370. The first-order chi connectivity index (χ1) is 22.5. The molecule has 4 rings (SSSR count). The summed E-state index contributed by atoms with van der Waals surface area (Å²) in [5.74, 6) is 0. The maximum Gasteiger partial charge on any atom is 0.410 e. The van der Waals surface area contributed by atoms with Gasteiger partial charge in [0, 0.05) is 13.1 Å². The van der Waals surface area contributed by atoms with E-state index >= 15 is 0 Å². The van der Waals surface area contributed by atoms with Crippen molar-refractivity contribution in [2.45, 2.75) is 90.4 Å². The van der Waals surface area contributed by atoms with Crippen molar-refractivity contribution in [3.63, 3.8) is 0 Å². The molecule has 2 heterocycles. The van der Waals surface area contributed by atoms with E-state index in [-0.39, 0.29) is 39.4 Å². The van der Waals surface area contributed by atoms with Crippen LogP contribution in [0.5, 0.6) is 0 Å². The number of nitrogens with zero attached hydrogens (tertiary/aromatic N) is 2. The average molecular weight is 677 g/mol. The number of hydrogen-bond donors (Lipinski definition) is 2. The van der Waals surface area contributed by atoms with Crippen molar-refractivity contribution in [1.82, 2.24) is 20.4 Å². The zero-order valence-electron chi connectivity index (χ0n) is 28.2. The van der Waals surface area contributed by atoms with E-state index in [4.69, 9.17) is 18.9 Å². The molecule has 2 saturated heterocycles. The van der Waals surface area contributed by atoms with Crippen LogP contribution in [0.15, 0.2) is 60.7 Å². The number of likely N-dealkylation sites (tertiary alicyclic amines) is 2. The van der Waals surface area contributed by atoms with Gasteiger partial charge < -0.3 is 39.4 Å². The van der Waals surface area contributed by atoms with Crippen LogP contribution in [0.2, 0.25) is 0 Å². The third-order valence-corrected chi connectivity index (χ3v) is 6.83. The summed E-state index contributed by atoms with van der Waals surface area (Å²) in [5, 5.41) is 4.92. The van der Waals surface area contributed by atoms with Crippen LogP contribution in [-0.2, 0) is 32.2 Å². The highest BCUT2D eigenvalue weighted by molar-refractivity contribution is 5.71. The zero-order valence-corrected chi connectivity index (χ0v) is 28.2. The third kappa shape index (κ3) is 13.2. The largest absolute Gasteiger partial charge is 0.445 e. The van der Waals surface area contributed by atoms with Crippen molar-refractivity contribution in [3.8, 4) is 0 Å². The monoisotopic (exact) mass is 676 g/mol. The standard InChI is InChI=1S/2C17H23FN2O4/c2*1-17(2,3)24-16(22)20-9-13(18)14(10-20)19-15(21)23-11-12-7-5-4-6-8-12/h2*4-8,13-14H,9-11H2,1-3H3,(H,19,21)/t2*13-,14-/m10/s1. The summed E-state index contributed by atoms with van der Waals surface area (Å²) < 4.78 is 48.6. The molecule has 2 fully saturated rings. The number of carbonyl (C=O) groups excluding carboxylic acids is 4. The second-order valence-electron chi connectivity index (χ2n) is 13.4. The second-order valence-corrected chi connectivity index (χ2v) is 13.4. The number of benzene rings is 2. The zero-order chi connectivity index (χ0) is 35.5. The highest BCUT2D eigenvalue weighted by atomic mass is 19.1. The third-order valence-electron chi connectivity index (χ3n) is 6.83. The van der Waals surface area contributed by atoms with E-state index in [0.717, 1.165) is 11.1 Å². The maximum atomic E-state index is 14.0. The Morgan fingerprint density at radius 1 is 0.625 bits per heavy atom. The summed E-state index contributed by atoms with van der Waals surface area (Å²) >= 11 is 0. The second kappa shape index (κ2) is 17.0. The van der Waals surface area contributed by atoms with Crippen LogP contribution < -0.4 is 10.6 Å². The van der Waals surface area contributed by atoms with E-state index in [2.05, 4.69) is 10.6 Å². The van der Waals surface area contributed by atoms with Crippen LogP contribution >= 0.6 is 0 Å². The molecule has 4 amide bonds. The Labute approximate surface area is 280 Å². The number of ether oxygens (including phenoxy) is 4. The number of nitrogens with one attached hydrogen (secondary N) is 2. The molecular formula is C34H46F2N4O8. The van der Waals surface area contributed by atoms with Gasteiger partial charge in [-0.2, -0.15) is 0 Å². The molecule has 12 nitrogen and oxygen atoms in total. The molecule has 2 aromatic rings. The van der Waals surface area contributed by atoms with Gasteiger partial charge in [0.05, 0.1) is 25.2 Å². The highest BCUT2D eigenvalue weighted by Crippen LogP contribution is 2.19. The minimum Gasteiger partial charge on any atom is -0.445 e. The molecule has 2 aliphatic heterocycles. The summed E-state index contributed by atoms with van der Waals surface area (Å²) in [5.41, 5.74) is 0.379. The van der Waals surface area contributed by atoms with Crippen LogP contribution in [0, 0.1) is 0 Å². The fourth-order valence-corrected chi connectivity index (χ4v) is 4.58. The smallest absolute Gasteiger partial charge is 0.410 e. The summed E-state index contributed by atoms with van der Waals surface area (Å²) in [4.78, 5) is 50.0. The number of carbonyl (C=O) groups is 4. The van der Waals surface area contributed by atoms with Gasteiger partial charge in [-0.15, -0.1) is 0 Å². The molecule has 0 saturated carbocycles. The van der Waals surface area contributed by atoms with Crippen LogP contribution in [-0.4, -0.2) is 96.0 Å². The molecule has 48 heavy (non-hydrogen) atoms. The van der Waals surface area contributed by atoms with E-state index in [9.17, 15) is 28.0 Å². The Kier molecular flexibility index (Phi) is 13.4. The van der Waals surface area contributed by atoms with E-state index in [0.29, 0.717) is 0 Å². The first kappa shape index (κ1) is 37.8. The molecule has 4 atom stereocenters. The number of alkyl carbamates (subject to hydrolysis) is 2. The topological polar surface area (TPSA) is 136 Å². The van der Waals surface area contributed by atoms with E-state index in [1.807, 2.05) is 60.7 Å². The lowest BCUT2D eigenvalue weighted by atomic mass is 10.2. The number of amides is 4. The molecule has 0 bridgehead atoms. The van der Waals surface area contributed by atoms with Crippen molar-refractivity contribution in [1.29, 1.82) is 0 Å². The van der Waals surface area contributed by atoms with Crippen LogP contribution in [0.3, 0.4) is 0 Å². The first-order valence-corrected chi connectivity index (χ1v) is 15.7. The molecule has 0 radical (unpaired) electrons. The fraction of sp³-hybridized carbons (Fsp3) is 0.529. The highest BCUT2D eigenvalue weighted by Gasteiger charge is 2.39. The van der Waals surface area contributed by atoms with Gasteiger partial charge in [0.2, 0.25) is 0 Å². The number of halogens is 2. The Bertz CT molecular complexity index is 1250. The van der Waals surface area contributed by atoms with Crippen molar-refractivity contribution >= 4 is 24.4 Å². The van der Waals surface area contributed by atoms with Crippen LogP contribution in [0.4, 0.5) is 28.0 Å². The Balaban J connectivity index is 0.000000260. The molecule has 2 aromatic carbocycles. The number of hydrogen-bond acceptors (Lipinski definition) is 8. The summed E-state index contributed by atoms with van der Waals surface area (Å²) in [6.07, 6.45) is -5.32. The SMILES string of the molecule is CC(C)(C)OC(=O)N1C[C@@H](F)[C@H](NC(=O)OCc2ccccc2)C1.CC(C)(C)OC(=O)N1C[C@H](NC(=O)OCc2ccccc2)[C@@H](F)C1. The van der Waals surface area contributed by atoms with Crippen molar-refractivity contribution in [3.05, 3.63) is 71.8 Å². The molecule has 0 spiro atoms. The first-order valence-electron chi connectivity index (χ1n) is 15.7. The average Bonchev–Trinajstić information content (AvgIpc) is 3.56. The van der Waals surface area contributed by atoms with Crippen molar-refractivity contribution in [2.75, 3.05) is 26.2 Å². The molecule has 264 valence electrons. The molecular weight excluding hydrogens is 630 g/mol. The minimum atomic E-state index is -1.36. The van der Waals surface area contributed by atoms with Crippen molar-refractivity contribution in [2.24, 2.45) is 0 Å². The van der Waals surface area contributed by atoms with Gasteiger partial charge >= 0.3 is 24.4 Å². The molecule has 2 N–H and O–H groups in total. The number of rotatable bonds is 6. The Morgan fingerprint density at radius 2 is 0.958 bits per heavy atom. The Morgan fingerprint density at radius 3 is 1.27 bits per heavy atom. The maximum absolute atomic E-state index is 14.0. The summed E-state index contributed by atoms with van der Waals surface area (Å²) in [6.45, 7) is 10.5. The predicted octanol–water partition coefficient (Wildman–Crippen LogP) is 5.74. The fourth-order valence-electron chi connectivity index (χ4n) is 4.58. The molecule has 2 aliphatic rings. The Hall–Kier alpha value is -4.62. The van der Waals surface area contributed by atoms with Gasteiger partial charge in [0.25, 0.3) is 0 Å². The van der Waals surface area contributed by atoms with Gasteiger partial charge in [0.1, 0.15) is 36.8 Å². The van der Waals surface area contributed by atoms with E-state index in [1.165, 1.54) is 9.80 Å². The molecule has 14 heteroatoms. The van der Waals surface area contributed by atoms with Gasteiger partial charge in [0.15, 0.2) is 0 Å². The normalized spacial score (nSPS) is 20.6. The summed E-state index contributed by atoms with van der Waals surface area (Å²) in [6, 6.07) is 16.8. The van der Waals surface area contributed by atoms with Crippen molar-refractivity contribution < 1.29 is 46.9 Å². The van der Waals surface area contributed by atoms with E-state index < -0.39 is 60.0 Å². The van der Waals surface area contributed by atoms with Crippen LogP contribution in [0.25, 0.3) is 0 Å². The lowest BCUT2D eigenvalue weighted by Gasteiger charge is -2.24. The van der Waals surface area contributed by atoms with Gasteiger partial charge in [-0.1, -0.05) is 60.7 Å². The lowest BCUT2D eigenvalue weighted by Crippen LogP contribution is -2.42. The predicted molar refractivity (Wildman–Crippen MR) is 173 cm³/mol. The van der Waals surface area contributed by atoms with Gasteiger partial charge in [-0.05, 0) is 52.7 Å².